The molecule has 6 rings (SSSR count). The number of carboxylic acids is 1. The Morgan fingerprint density at radius 1 is 0.865 bits per heavy atom. The first kappa shape index (κ1) is 23.0. The van der Waals surface area contributed by atoms with Crippen LogP contribution in [0.5, 0.6) is 0 Å². The number of hydrogen-bond acceptors (Lipinski definition) is 2. The SMILES string of the molecule is CC1(C)/C(=C/c2ccc3c(c2)c2ccccc2n3-c2ccccc2)C(=O)c2ccc(CCC(=O)O)cc21. The van der Waals surface area contributed by atoms with E-state index >= 15 is 0 Å². The van der Waals surface area contributed by atoms with Gasteiger partial charge in [0.1, 0.15) is 0 Å². The lowest BCUT2D eigenvalue weighted by atomic mass is 9.81. The Labute approximate surface area is 215 Å². The fourth-order valence-electron chi connectivity index (χ4n) is 5.64. The summed E-state index contributed by atoms with van der Waals surface area (Å²) in [7, 11) is 0. The molecule has 182 valence electrons. The molecule has 0 spiro atoms. The fourth-order valence-corrected chi connectivity index (χ4v) is 5.64. The van der Waals surface area contributed by atoms with Gasteiger partial charge in [-0.15, -0.1) is 0 Å². The van der Waals surface area contributed by atoms with Crippen molar-refractivity contribution in [2.24, 2.45) is 0 Å². The van der Waals surface area contributed by atoms with Crippen molar-refractivity contribution >= 4 is 39.6 Å². The summed E-state index contributed by atoms with van der Waals surface area (Å²) in [6.45, 7) is 4.15. The summed E-state index contributed by atoms with van der Waals surface area (Å²) < 4.78 is 2.28. The second kappa shape index (κ2) is 8.59. The van der Waals surface area contributed by atoms with Crippen LogP contribution in [0.1, 0.15) is 47.3 Å². The molecule has 1 aromatic heterocycles. The molecule has 0 radical (unpaired) electrons. The topological polar surface area (TPSA) is 59.3 Å². The number of nitrogens with zero attached hydrogens (tertiary/aromatic N) is 1. The number of carbonyl (C=O) groups excluding carboxylic acids is 1. The first-order valence-electron chi connectivity index (χ1n) is 12.6. The van der Waals surface area contributed by atoms with Gasteiger partial charge in [-0.2, -0.15) is 0 Å². The van der Waals surface area contributed by atoms with E-state index < -0.39 is 11.4 Å². The summed E-state index contributed by atoms with van der Waals surface area (Å²) in [5.41, 5.74) is 7.26. The highest BCUT2D eigenvalue weighted by Crippen LogP contribution is 2.44. The van der Waals surface area contributed by atoms with Crippen molar-refractivity contribution in [2.75, 3.05) is 0 Å². The average molecular weight is 486 g/mol. The zero-order valence-electron chi connectivity index (χ0n) is 20.9. The van der Waals surface area contributed by atoms with Crippen LogP contribution >= 0.6 is 0 Å². The molecule has 1 aliphatic carbocycles. The van der Waals surface area contributed by atoms with Gasteiger partial charge in [0.2, 0.25) is 0 Å². The fraction of sp³-hybridized carbons (Fsp3) is 0.152. The van der Waals surface area contributed by atoms with E-state index in [9.17, 15) is 9.59 Å². The van der Waals surface area contributed by atoms with Crippen LogP contribution in [0.25, 0.3) is 33.6 Å². The van der Waals surface area contributed by atoms with Crippen LogP contribution in [-0.4, -0.2) is 21.4 Å². The largest absolute Gasteiger partial charge is 0.481 e. The Hall–Kier alpha value is -4.44. The van der Waals surface area contributed by atoms with E-state index in [0.717, 1.165) is 44.4 Å². The summed E-state index contributed by atoms with van der Waals surface area (Å²) >= 11 is 0. The van der Waals surface area contributed by atoms with Gasteiger partial charge in [-0.1, -0.05) is 74.5 Å². The number of rotatable bonds is 5. The third kappa shape index (κ3) is 3.77. The second-order valence-corrected chi connectivity index (χ2v) is 10.3. The Morgan fingerprint density at radius 3 is 2.38 bits per heavy atom. The second-order valence-electron chi connectivity index (χ2n) is 10.3. The summed E-state index contributed by atoms with van der Waals surface area (Å²) in [6, 6.07) is 30.9. The number of para-hydroxylation sites is 2. The molecule has 0 saturated heterocycles. The van der Waals surface area contributed by atoms with Crippen molar-refractivity contribution in [3.63, 3.8) is 0 Å². The maximum absolute atomic E-state index is 13.5. The van der Waals surface area contributed by atoms with E-state index in [1.807, 2.05) is 42.5 Å². The monoisotopic (exact) mass is 485 g/mol. The maximum atomic E-state index is 13.5. The molecule has 0 amide bonds. The van der Waals surface area contributed by atoms with Gasteiger partial charge < -0.3 is 9.67 Å². The van der Waals surface area contributed by atoms with Crippen LogP contribution in [0.4, 0.5) is 0 Å². The molecule has 4 heteroatoms. The number of hydrogen-bond donors (Lipinski definition) is 1. The van der Waals surface area contributed by atoms with Gasteiger partial charge >= 0.3 is 5.97 Å². The smallest absolute Gasteiger partial charge is 0.303 e. The van der Waals surface area contributed by atoms with Crippen LogP contribution in [-0.2, 0) is 16.6 Å². The molecule has 1 heterocycles. The molecule has 1 N–H and O–H groups in total. The van der Waals surface area contributed by atoms with Crippen molar-refractivity contribution < 1.29 is 14.7 Å². The number of allylic oxidation sites excluding steroid dienone is 1. The van der Waals surface area contributed by atoms with Gasteiger partial charge in [0.05, 0.1) is 11.0 Å². The van der Waals surface area contributed by atoms with Crippen LogP contribution in [0, 0.1) is 0 Å². The summed E-state index contributed by atoms with van der Waals surface area (Å²) in [6.07, 6.45) is 2.55. The molecule has 0 saturated carbocycles. The highest BCUT2D eigenvalue weighted by atomic mass is 16.4. The van der Waals surface area contributed by atoms with Gasteiger partial charge in [-0.3, -0.25) is 9.59 Å². The third-order valence-corrected chi connectivity index (χ3v) is 7.57. The minimum absolute atomic E-state index is 0.0385. The van der Waals surface area contributed by atoms with E-state index in [1.54, 1.807) is 0 Å². The molecular formula is C33H27NO3. The highest BCUT2D eigenvalue weighted by Gasteiger charge is 2.40. The van der Waals surface area contributed by atoms with E-state index in [4.69, 9.17) is 5.11 Å². The number of ketones is 1. The minimum Gasteiger partial charge on any atom is -0.481 e. The lowest BCUT2D eigenvalue weighted by molar-refractivity contribution is -0.136. The van der Waals surface area contributed by atoms with E-state index in [-0.39, 0.29) is 12.2 Å². The Morgan fingerprint density at radius 2 is 1.59 bits per heavy atom. The third-order valence-electron chi connectivity index (χ3n) is 7.57. The average Bonchev–Trinajstić information content (AvgIpc) is 3.32. The molecule has 37 heavy (non-hydrogen) atoms. The molecule has 4 nitrogen and oxygen atoms in total. The summed E-state index contributed by atoms with van der Waals surface area (Å²) in [5, 5.41) is 11.4. The number of aromatic nitrogens is 1. The van der Waals surface area contributed by atoms with Gasteiger partial charge in [0.25, 0.3) is 0 Å². The summed E-state index contributed by atoms with van der Waals surface area (Å²) in [4.78, 5) is 24.5. The molecule has 4 aromatic carbocycles. The van der Waals surface area contributed by atoms with Gasteiger partial charge in [0.15, 0.2) is 5.78 Å². The first-order chi connectivity index (χ1) is 17.8. The van der Waals surface area contributed by atoms with Crippen molar-refractivity contribution in [2.45, 2.75) is 32.1 Å². The number of benzene rings is 4. The van der Waals surface area contributed by atoms with E-state index in [1.165, 1.54) is 5.39 Å². The minimum atomic E-state index is -0.819. The Kier molecular flexibility index (Phi) is 5.34. The zero-order valence-corrected chi connectivity index (χ0v) is 20.9. The molecule has 0 unspecified atom stereocenters. The number of Topliss-reactive ketones (excluding diaryl/α,β-unsaturated/α-hetero) is 1. The van der Waals surface area contributed by atoms with Crippen LogP contribution in [0.3, 0.4) is 0 Å². The zero-order chi connectivity index (χ0) is 25.7. The molecule has 0 atom stereocenters. The molecule has 5 aromatic rings. The molecule has 0 aliphatic heterocycles. The quantitative estimate of drug-likeness (QED) is 0.265. The maximum Gasteiger partial charge on any atom is 0.303 e. The lowest BCUT2D eigenvalue weighted by Crippen LogP contribution is -2.17. The highest BCUT2D eigenvalue weighted by molar-refractivity contribution is 6.18. The summed E-state index contributed by atoms with van der Waals surface area (Å²) in [5.74, 6) is -0.781. The number of aliphatic carboxylic acids is 1. The standard InChI is InChI=1S/C33H27NO3/c1-33(2)27-19-21(14-17-31(35)36)12-15-25(27)32(37)28(33)20-22-13-16-30-26(18-22)24-10-6-7-11-29(24)34(30)23-8-4-3-5-9-23/h3-13,15-16,18-20H,14,17H2,1-2H3,(H,35,36)/b28-20+. The van der Waals surface area contributed by atoms with E-state index in [0.29, 0.717) is 12.0 Å². The first-order valence-corrected chi connectivity index (χ1v) is 12.6. The van der Waals surface area contributed by atoms with Gasteiger partial charge in [-0.25, -0.2) is 0 Å². The Bertz CT molecular complexity index is 1740. The van der Waals surface area contributed by atoms with E-state index in [2.05, 4.69) is 73.0 Å². The normalized spacial score (nSPS) is 15.5. The van der Waals surface area contributed by atoms with Crippen LogP contribution in [0.2, 0.25) is 0 Å². The molecule has 0 fully saturated rings. The van der Waals surface area contributed by atoms with Gasteiger partial charge in [-0.05, 0) is 59.5 Å². The number of fused-ring (bicyclic) bond motifs is 4. The van der Waals surface area contributed by atoms with Crippen molar-refractivity contribution in [3.8, 4) is 5.69 Å². The predicted octanol–water partition coefficient (Wildman–Crippen LogP) is 7.36. The van der Waals surface area contributed by atoms with Crippen molar-refractivity contribution in [1.29, 1.82) is 0 Å². The van der Waals surface area contributed by atoms with Gasteiger partial charge in [0, 0.05) is 39.4 Å². The number of carbonyl (C=O) groups is 2. The van der Waals surface area contributed by atoms with Crippen molar-refractivity contribution in [1.82, 2.24) is 4.57 Å². The predicted molar refractivity (Wildman–Crippen MR) is 149 cm³/mol. The van der Waals surface area contributed by atoms with Crippen LogP contribution < -0.4 is 0 Å². The number of aryl methyl sites for hydroxylation is 1. The molecular weight excluding hydrogens is 458 g/mol. The lowest BCUT2D eigenvalue weighted by Gasteiger charge is -2.21. The number of carboxylic acid groups (broad SMARTS) is 1. The molecule has 1 aliphatic rings. The molecule has 0 bridgehead atoms. The van der Waals surface area contributed by atoms with Crippen molar-refractivity contribution in [3.05, 3.63) is 119 Å². The van der Waals surface area contributed by atoms with Crippen LogP contribution in [0.15, 0.2) is 96.6 Å². The Balaban J connectivity index is 1.46.